The molecule has 0 bridgehead atoms. The van der Waals surface area contributed by atoms with Gasteiger partial charge in [-0.3, -0.25) is 0 Å². The third kappa shape index (κ3) is 3.15. The van der Waals surface area contributed by atoms with Crippen LogP contribution in [-0.2, 0) is 12.0 Å². The number of H-pyrrole nitrogens is 1. The molecule has 0 radical (unpaired) electrons. The lowest BCUT2D eigenvalue weighted by molar-refractivity contribution is 0.0550. The van der Waals surface area contributed by atoms with Crippen molar-refractivity contribution in [1.29, 1.82) is 0 Å². The van der Waals surface area contributed by atoms with Gasteiger partial charge in [-0.2, -0.15) is 5.10 Å². The van der Waals surface area contributed by atoms with Crippen molar-refractivity contribution in [2.45, 2.75) is 51.2 Å². The Kier molecular flexibility index (Phi) is 4.12. The van der Waals surface area contributed by atoms with Gasteiger partial charge >= 0.3 is 0 Å². The summed E-state index contributed by atoms with van der Waals surface area (Å²) in [4.78, 5) is 8.26. The lowest BCUT2D eigenvalue weighted by atomic mass is 9.82. The maximum atomic E-state index is 10.4. The van der Waals surface area contributed by atoms with Crippen LogP contribution in [0.5, 0.6) is 0 Å². The number of para-hydroxylation sites is 1. The van der Waals surface area contributed by atoms with Crippen LogP contribution >= 0.6 is 0 Å². The number of rotatable bonds is 4. The Hall–Kier alpha value is -2.18. The summed E-state index contributed by atoms with van der Waals surface area (Å²) in [5.41, 5.74) is 1.15. The fraction of sp³-hybridized carbons (Fsp3) is 0.500. The van der Waals surface area contributed by atoms with Crippen molar-refractivity contribution < 1.29 is 5.11 Å². The molecule has 1 aromatic carbocycles. The lowest BCUT2D eigenvalue weighted by Crippen LogP contribution is -2.44. The smallest absolute Gasteiger partial charge is 0.183 e. The summed E-state index contributed by atoms with van der Waals surface area (Å²) in [7, 11) is 0. The Morgan fingerprint density at radius 1 is 1.31 bits per heavy atom. The molecule has 1 aliphatic heterocycles. The molecule has 0 spiro atoms. The van der Waals surface area contributed by atoms with Crippen molar-refractivity contribution in [2.24, 2.45) is 0 Å². The van der Waals surface area contributed by atoms with Crippen molar-refractivity contribution in [3.63, 3.8) is 0 Å². The second kappa shape index (κ2) is 6.21. The van der Waals surface area contributed by atoms with E-state index >= 15 is 0 Å². The number of hydrogen-bond acceptors (Lipinski definition) is 4. The number of fused-ring (bicyclic) bond motifs is 1. The molecule has 6 heteroatoms. The van der Waals surface area contributed by atoms with E-state index < -0.39 is 5.60 Å². The Bertz CT molecular complexity index is 912. The molecule has 26 heavy (non-hydrogen) atoms. The van der Waals surface area contributed by atoms with Gasteiger partial charge in [0.05, 0.1) is 12.1 Å². The van der Waals surface area contributed by atoms with Gasteiger partial charge in [-0.1, -0.05) is 25.1 Å². The van der Waals surface area contributed by atoms with Gasteiger partial charge in [0.25, 0.3) is 0 Å². The number of aromatic amines is 1. The van der Waals surface area contributed by atoms with Crippen molar-refractivity contribution >= 4 is 10.9 Å². The van der Waals surface area contributed by atoms with Gasteiger partial charge < -0.3 is 15.4 Å². The number of hydrogen-bond donors (Lipinski definition) is 3. The summed E-state index contributed by atoms with van der Waals surface area (Å²) in [6, 6.07) is 8.19. The second-order valence-electron chi connectivity index (χ2n) is 8.32. The SMILES string of the molecule is CC(C)(O)Cn1nc(-c2c[nH]c3ccccc23)nc1C1(C)CCCNC1. The molecule has 3 aromatic rings. The van der Waals surface area contributed by atoms with Gasteiger partial charge in [-0.25, -0.2) is 9.67 Å². The Balaban J connectivity index is 1.83. The minimum atomic E-state index is -0.849. The van der Waals surface area contributed by atoms with Crippen LogP contribution in [0.2, 0.25) is 0 Å². The monoisotopic (exact) mass is 353 g/mol. The quantitative estimate of drug-likeness (QED) is 0.674. The maximum absolute atomic E-state index is 10.4. The third-order valence-electron chi connectivity index (χ3n) is 5.18. The molecular formula is C20H27N5O. The van der Waals surface area contributed by atoms with Crippen LogP contribution < -0.4 is 5.32 Å². The first kappa shape index (κ1) is 17.2. The first-order chi connectivity index (χ1) is 12.4. The Morgan fingerprint density at radius 3 is 2.85 bits per heavy atom. The maximum Gasteiger partial charge on any atom is 0.183 e. The minimum Gasteiger partial charge on any atom is -0.389 e. The first-order valence-corrected chi connectivity index (χ1v) is 9.31. The van der Waals surface area contributed by atoms with E-state index in [1.165, 1.54) is 0 Å². The number of aliphatic hydroxyl groups is 1. The molecular weight excluding hydrogens is 326 g/mol. The van der Waals surface area contributed by atoms with E-state index in [-0.39, 0.29) is 5.41 Å². The number of nitrogens with one attached hydrogen (secondary N) is 2. The third-order valence-corrected chi connectivity index (χ3v) is 5.18. The van der Waals surface area contributed by atoms with Gasteiger partial charge in [0.1, 0.15) is 5.82 Å². The predicted molar refractivity (Wildman–Crippen MR) is 103 cm³/mol. The summed E-state index contributed by atoms with van der Waals surface area (Å²) in [6.07, 6.45) is 4.16. The van der Waals surface area contributed by atoms with Crippen LogP contribution in [0.25, 0.3) is 22.3 Å². The molecule has 2 aromatic heterocycles. The summed E-state index contributed by atoms with van der Waals surface area (Å²) in [6.45, 7) is 8.21. The van der Waals surface area contributed by atoms with Crippen LogP contribution in [0, 0.1) is 0 Å². The van der Waals surface area contributed by atoms with Gasteiger partial charge in [0.15, 0.2) is 5.82 Å². The topological polar surface area (TPSA) is 78.8 Å². The van der Waals surface area contributed by atoms with E-state index in [2.05, 4.69) is 29.4 Å². The molecule has 3 N–H and O–H groups in total. The fourth-order valence-electron chi connectivity index (χ4n) is 3.88. The highest BCUT2D eigenvalue weighted by atomic mass is 16.3. The standard InChI is InChI=1S/C20H27N5O/c1-19(2,26)13-25-18(20(3)9-6-10-21-12-20)23-17(24-25)15-11-22-16-8-5-4-7-14(15)16/h4-5,7-8,11,21-22,26H,6,9-10,12-13H2,1-3H3. The molecule has 4 rings (SSSR count). The number of aromatic nitrogens is 4. The normalized spacial score (nSPS) is 21.4. The van der Waals surface area contributed by atoms with Gasteiger partial charge in [0.2, 0.25) is 0 Å². The molecule has 3 heterocycles. The zero-order valence-corrected chi connectivity index (χ0v) is 15.7. The summed E-state index contributed by atoms with van der Waals surface area (Å²) < 4.78 is 1.91. The van der Waals surface area contributed by atoms with Crippen molar-refractivity contribution in [3.05, 3.63) is 36.3 Å². The molecule has 0 amide bonds. The van der Waals surface area contributed by atoms with E-state index in [9.17, 15) is 5.11 Å². The van der Waals surface area contributed by atoms with Crippen molar-refractivity contribution in [1.82, 2.24) is 25.1 Å². The zero-order chi connectivity index (χ0) is 18.4. The van der Waals surface area contributed by atoms with Crippen molar-refractivity contribution in [2.75, 3.05) is 13.1 Å². The Morgan fingerprint density at radius 2 is 2.12 bits per heavy atom. The first-order valence-electron chi connectivity index (χ1n) is 9.31. The number of nitrogens with zero attached hydrogens (tertiary/aromatic N) is 3. The zero-order valence-electron chi connectivity index (χ0n) is 15.7. The number of benzene rings is 1. The molecule has 1 unspecified atom stereocenters. The molecule has 1 saturated heterocycles. The van der Waals surface area contributed by atoms with Crippen LogP contribution in [0.1, 0.15) is 39.4 Å². The van der Waals surface area contributed by atoms with E-state index in [4.69, 9.17) is 10.1 Å². The van der Waals surface area contributed by atoms with E-state index in [0.29, 0.717) is 12.4 Å². The largest absolute Gasteiger partial charge is 0.389 e. The van der Waals surface area contributed by atoms with Crippen LogP contribution in [0.15, 0.2) is 30.5 Å². The van der Waals surface area contributed by atoms with Gasteiger partial charge in [-0.05, 0) is 39.3 Å². The highest BCUT2D eigenvalue weighted by Gasteiger charge is 2.35. The van der Waals surface area contributed by atoms with Crippen LogP contribution in [0.3, 0.4) is 0 Å². The van der Waals surface area contributed by atoms with Crippen molar-refractivity contribution in [3.8, 4) is 11.4 Å². The summed E-state index contributed by atoms with van der Waals surface area (Å²) >= 11 is 0. The predicted octanol–water partition coefficient (Wildman–Crippen LogP) is 2.84. The van der Waals surface area contributed by atoms with Gasteiger partial charge in [-0.15, -0.1) is 0 Å². The highest BCUT2D eigenvalue weighted by Crippen LogP contribution is 2.33. The highest BCUT2D eigenvalue weighted by molar-refractivity contribution is 5.93. The van der Waals surface area contributed by atoms with E-state index in [1.807, 2.05) is 36.9 Å². The number of piperidine rings is 1. The average molecular weight is 353 g/mol. The van der Waals surface area contributed by atoms with Gasteiger partial charge in [0, 0.05) is 34.6 Å². The molecule has 1 aliphatic rings. The minimum absolute atomic E-state index is 0.0825. The molecule has 138 valence electrons. The lowest BCUT2D eigenvalue weighted by Gasteiger charge is -2.34. The fourth-order valence-corrected chi connectivity index (χ4v) is 3.88. The average Bonchev–Trinajstić information content (AvgIpc) is 3.18. The Labute approximate surface area is 153 Å². The molecule has 1 fully saturated rings. The molecule has 6 nitrogen and oxygen atoms in total. The van der Waals surface area contributed by atoms with E-state index in [1.54, 1.807) is 0 Å². The molecule has 1 atom stereocenters. The van der Waals surface area contributed by atoms with Crippen LogP contribution in [-0.4, -0.2) is 43.5 Å². The van der Waals surface area contributed by atoms with Crippen LogP contribution in [0.4, 0.5) is 0 Å². The summed E-state index contributed by atoms with van der Waals surface area (Å²) in [5.74, 6) is 1.67. The molecule has 0 saturated carbocycles. The molecule has 0 aliphatic carbocycles. The van der Waals surface area contributed by atoms with E-state index in [0.717, 1.165) is 48.2 Å². The summed E-state index contributed by atoms with van der Waals surface area (Å²) in [5, 5.41) is 19.8. The second-order valence-corrected chi connectivity index (χ2v) is 8.32.